The van der Waals surface area contributed by atoms with Gasteiger partial charge in [0.1, 0.15) is 6.04 Å². The average Bonchev–Trinajstić information content (AvgIpc) is 3.12. The Bertz CT molecular complexity index is 330. The summed E-state index contributed by atoms with van der Waals surface area (Å²) in [4.78, 5) is 25.5. The number of amides is 1. The normalized spacial score (nSPS) is 23.2. The monoisotopic (exact) mass is 267 g/mol. The average molecular weight is 267 g/mol. The summed E-state index contributed by atoms with van der Waals surface area (Å²) in [5, 5.41) is 9.18. The van der Waals surface area contributed by atoms with Crippen LogP contribution in [0.4, 0.5) is 0 Å². The number of hydrogen-bond acceptors (Lipinski definition) is 2. The number of aliphatic carboxylic acids is 1. The maximum Gasteiger partial charge on any atom is 0.326 e. The Labute approximate surface area is 115 Å². The zero-order valence-corrected chi connectivity index (χ0v) is 11.8. The first kappa shape index (κ1) is 14.4. The lowest BCUT2D eigenvalue weighted by Gasteiger charge is -2.31. The van der Waals surface area contributed by atoms with Crippen LogP contribution in [0.25, 0.3) is 0 Å². The summed E-state index contributed by atoms with van der Waals surface area (Å²) in [7, 11) is 0. The van der Waals surface area contributed by atoms with Gasteiger partial charge in [0.2, 0.25) is 5.91 Å². The molecule has 2 saturated carbocycles. The minimum absolute atomic E-state index is 0.0581. The molecule has 2 fully saturated rings. The van der Waals surface area contributed by atoms with Crippen molar-refractivity contribution in [3.63, 3.8) is 0 Å². The van der Waals surface area contributed by atoms with Gasteiger partial charge < -0.3 is 10.0 Å². The van der Waals surface area contributed by atoms with Gasteiger partial charge in [-0.15, -0.1) is 0 Å². The van der Waals surface area contributed by atoms with E-state index in [2.05, 4.69) is 0 Å². The lowest BCUT2D eigenvalue weighted by molar-refractivity contribution is -0.152. The first-order chi connectivity index (χ1) is 9.11. The quantitative estimate of drug-likeness (QED) is 0.852. The molecule has 2 rings (SSSR count). The summed E-state index contributed by atoms with van der Waals surface area (Å²) in [5.74, 6) is -0.729. The lowest BCUT2D eigenvalue weighted by Crippen LogP contribution is -2.47. The first-order valence-corrected chi connectivity index (χ1v) is 7.66. The van der Waals surface area contributed by atoms with Crippen LogP contribution in [0.15, 0.2) is 0 Å². The van der Waals surface area contributed by atoms with Gasteiger partial charge >= 0.3 is 5.97 Å². The maximum atomic E-state index is 12.7. The number of carboxylic acids is 1. The molecule has 1 N–H and O–H groups in total. The van der Waals surface area contributed by atoms with Crippen LogP contribution in [-0.2, 0) is 9.59 Å². The van der Waals surface area contributed by atoms with Crippen molar-refractivity contribution in [3.8, 4) is 0 Å². The van der Waals surface area contributed by atoms with Crippen molar-refractivity contribution in [2.24, 2.45) is 5.92 Å². The molecule has 1 unspecified atom stereocenters. The Hall–Kier alpha value is -1.06. The highest BCUT2D eigenvalue weighted by atomic mass is 16.4. The van der Waals surface area contributed by atoms with E-state index in [4.69, 9.17) is 0 Å². The molecule has 1 amide bonds. The maximum absolute atomic E-state index is 12.7. The van der Waals surface area contributed by atoms with E-state index < -0.39 is 12.0 Å². The van der Waals surface area contributed by atoms with Crippen LogP contribution in [-0.4, -0.2) is 34.0 Å². The SMILES string of the molecule is CC(C(=O)O)N(C(=O)C1CCCCCCC1)C1CC1. The molecule has 0 heterocycles. The zero-order chi connectivity index (χ0) is 13.8. The second kappa shape index (κ2) is 6.40. The topological polar surface area (TPSA) is 57.6 Å². The van der Waals surface area contributed by atoms with Crippen molar-refractivity contribution in [3.05, 3.63) is 0 Å². The van der Waals surface area contributed by atoms with Crippen molar-refractivity contribution >= 4 is 11.9 Å². The van der Waals surface area contributed by atoms with Gasteiger partial charge in [0, 0.05) is 12.0 Å². The van der Waals surface area contributed by atoms with E-state index in [1.807, 2.05) is 0 Å². The summed E-state index contributed by atoms with van der Waals surface area (Å²) in [6.45, 7) is 1.64. The van der Waals surface area contributed by atoms with Crippen LogP contribution in [0.2, 0.25) is 0 Å². The number of carboxylic acid groups (broad SMARTS) is 1. The predicted molar refractivity (Wildman–Crippen MR) is 72.8 cm³/mol. The van der Waals surface area contributed by atoms with Crippen LogP contribution in [0.3, 0.4) is 0 Å². The van der Waals surface area contributed by atoms with Crippen molar-refractivity contribution in [1.29, 1.82) is 0 Å². The van der Waals surface area contributed by atoms with Crippen molar-refractivity contribution < 1.29 is 14.7 Å². The van der Waals surface area contributed by atoms with Gasteiger partial charge in [-0.25, -0.2) is 4.79 Å². The van der Waals surface area contributed by atoms with E-state index in [-0.39, 0.29) is 17.9 Å². The number of carbonyl (C=O) groups is 2. The lowest BCUT2D eigenvalue weighted by atomic mass is 9.89. The molecule has 2 aliphatic carbocycles. The van der Waals surface area contributed by atoms with Crippen LogP contribution in [0, 0.1) is 5.92 Å². The Morgan fingerprint density at radius 1 is 1.00 bits per heavy atom. The summed E-state index contributed by atoms with van der Waals surface area (Å²) in [5.41, 5.74) is 0. The Morgan fingerprint density at radius 2 is 1.53 bits per heavy atom. The molecule has 1 atom stereocenters. The molecule has 0 bridgehead atoms. The molecular weight excluding hydrogens is 242 g/mol. The molecule has 2 aliphatic rings. The Morgan fingerprint density at radius 3 is 2.00 bits per heavy atom. The standard InChI is InChI=1S/C15H25NO3/c1-11(15(18)19)16(13-9-10-13)14(17)12-7-5-3-2-4-6-8-12/h11-13H,2-10H2,1H3,(H,18,19). The smallest absolute Gasteiger partial charge is 0.326 e. The molecule has 0 saturated heterocycles. The fourth-order valence-electron chi connectivity index (χ4n) is 3.07. The van der Waals surface area contributed by atoms with Crippen LogP contribution >= 0.6 is 0 Å². The van der Waals surface area contributed by atoms with Crippen LogP contribution in [0.5, 0.6) is 0 Å². The third-order valence-electron chi connectivity index (χ3n) is 4.42. The molecule has 108 valence electrons. The highest BCUT2D eigenvalue weighted by Crippen LogP contribution is 2.33. The van der Waals surface area contributed by atoms with Crippen LogP contribution in [0.1, 0.15) is 64.7 Å². The van der Waals surface area contributed by atoms with Gasteiger partial charge in [0.25, 0.3) is 0 Å². The van der Waals surface area contributed by atoms with Crippen molar-refractivity contribution in [2.75, 3.05) is 0 Å². The molecule has 0 aliphatic heterocycles. The van der Waals surface area contributed by atoms with E-state index in [0.29, 0.717) is 0 Å². The van der Waals surface area contributed by atoms with Crippen LogP contribution < -0.4 is 0 Å². The fourth-order valence-corrected chi connectivity index (χ4v) is 3.07. The fraction of sp³-hybridized carbons (Fsp3) is 0.867. The van der Waals surface area contributed by atoms with E-state index in [0.717, 1.165) is 38.5 Å². The minimum atomic E-state index is -0.883. The number of hydrogen-bond donors (Lipinski definition) is 1. The molecule has 0 aromatic heterocycles. The van der Waals surface area contributed by atoms with E-state index in [1.54, 1.807) is 11.8 Å². The minimum Gasteiger partial charge on any atom is -0.480 e. The van der Waals surface area contributed by atoms with Gasteiger partial charge in [0.05, 0.1) is 0 Å². The largest absolute Gasteiger partial charge is 0.480 e. The van der Waals surface area contributed by atoms with Gasteiger partial charge in [0.15, 0.2) is 0 Å². The first-order valence-electron chi connectivity index (χ1n) is 7.66. The van der Waals surface area contributed by atoms with Gasteiger partial charge in [-0.05, 0) is 32.6 Å². The summed E-state index contributed by atoms with van der Waals surface area (Å²) in [6, 6.07) is -0.491. The van der Waals surface area contributed by atoms with Gasteiger partial charge in [-0.3, -0.25) is 4.79 Å². The molecule has 4 heteroatoms. The molecule has 4 nitrogen and oxygen atoms in total. The second-order valence-electron chi connectivity index (χ2n) is 6.03. The van der Waals surface area contributed by atoms with E-state index >= 15 is 0 Å². The second-order valence-corrected chi connectivity index (χ2v) is 6.03. The number of carbonyl (C=O) groups excluding carboxylic acids is 1. The summed E-state index contributed by atoms with van der Waals surface area (Å²) < 4.78 is 0. The third kappa shape index (κ3) is 3.71. The summed E-state index contributed by atoms with van der Waals surface area (Å²) >= 11 is 0. The predicted octanol–water partition coefficient (Wildman–Crippen LogP) is 2.81. The molecule has 0 aromatic rings. The highest BCUT2D eigenvalue weighted by molar-refractivity contribution is 5.85. The summed E-state index contributed by atoms with van der Waals surface area (Å²) in [6.07, 6.45) is 9.73. The Balaban J connectivity index is 2.02. The van der Waals surface area contributed by atoms with E-state index in [1.165, 1.54) is 19.3 Å². The molecular formula is C15H25NO3. The van der Waals surface area contributed by atoms with Gasteiger partial charge in [-0.2, -0.15) is 0 Å². The Kier molecular flexibility index (Phi) is 4.83. The zero-order valence-electron chi connectivity index (χ0n) is 11.8. The van der Waals surface area contributed by atoms with Crippen molar-refractivity contribution in [1.82, 2.24) is 4.90 Å². The molecule has 0 spiro atoms. The molecule has 0 aromatic carbocycles. The molecule has 19 heavy (non-hydrogen) atoms. The van der Waals surface area contributed by atoms with Gasteiger partial charge in [-0.1, -0.05) is 32.1 Å². The van der Waals surface area contributed by atoms with E-state index in [9.17, 15) is 14.7 Å². The highest BCUT2D eigenvalue weighted by Gasteiger charge is 2.40. The third-order valence-corrected chi connectivity index (χ3v) is 4.42. The van der Waals surface area contributed by atoms with Crippen molar-refractivity contribution in [2.45, 2.75) is 76.8 Å². The number of nitrogens with zero attached hydrogens (tertiary/aromatic N) is 1. The molecule has 0 radical (unpaired) electrons. The number of rotatable bonds is 4.